The minimum atomic E-state index is 0.174. The van der Waals surface area contributed by atoms with Crippen molar-refractivity contribution in [2.75, 3.05) is 6.54 Å². The van der Waals surface area contributed by atoms with Gasteiger partial charge in [-0.2, -0.15) is 0 Å². The Morgan fingerprint density at radius 2 is 2.17 bits per heavy atom. The van der Waals surface area contributed by atoms with Gasteiger partial charge in [-0.1, -0.05) is 23.8 Å². The summed E-state index contributed by atoms with van der Waals surface area (Å²) in [6, 6.07) is 7.27. The Labute approximate surface area is 109 Å². The van der Waals surface area contributed by atoms with E-state index in [0.717, 1.165) is 13.0 Å². The first kappa shape index (κ1) is 13.1. The summed E-state index contributed by atoms with van der Waals surface area (Å²) in [4.78, 5) is 11.1. The highest BCUT2D eigenvalue weighted by molar-refractivity contribution is 5.76. The van der Waals surface area contributed by atoms with E-state index in [2.05, 4.69) is 49.6 Å². The maximum atomic E-state index is 11.1. The van der Waals surface area contributed by atoms with Gasteiger partial charge in [-0.15, -0.1) is 0 Å². The van der Waals surface area contributed by atoms with Crippen LogP contribution in [0.2, 0.25) is 0 Å². The first-order valence-corrected chi connectivity index (χ1v) is 6.66. The molecule has 1 aromatic rings. The Hall–Kier alpha value is -1.35. The van der Waals surface area contributed by atoms with Crippen molar-refractivity contribution in [3.8, 4) is 0 Å². The third kappa shape index (κ3) is 3.10. The second-order valence-electron chi connectivity index (χ2n) is 5.29. The summed E-state index contributed by atoms with van der Waals surface area (Å²) in [5, 5.41) is 6.52. The van der Waals surface area contributed by atoms with E-state index in [1.54, 1.807) is 0 Å². The van der Waals surface area contributed by atoms with Gasteiger partial charge in [-0.25, -0.2) is 0 Å². The minimum Gasteiger partial charge on any atom is -0.355 e. The number of amides is 1. The Bertz CT molecular complexity index is 432. The fourth-order valence-corrected chi connectivity index (χ4v) is 2.54. The lowest BCUT2D eigenvalue weighted by atomic mass is 9.98. The van der Waals surface area contributed by atoms with Crippen LogP contribution in [0.1, 0.15) is 42.5 Å². The van der Waals surface area contributed by atoms with E-state index in [1.165, 1.54) is 16.7 Å². The Balaban J connectivity index is 2.00. The molecular formula is C15H22N2O. The molecule has 1 fully saturated rings. The van der Waals surface area contributed by atoms with Crippen molar-refractivity contribution in [2.45, 2.75) is 45.7 Å². The first-order chi connectivity index (χ1) is 8.56. The second-order valence-corrected chi connectivity index (χ2v) is 5.29. The zero-order valence-electron chi connectivity index (χ0n) is 11.4. The predicted molar refractivity (Wildman–Crippen MR) is 73.5 cm³/mol. The van der Waals surface area contributed by atoms with E-state index >= 15 is 0 Å². The molecule has 0 aliphatic carbocycles. The molecule has 1 amide bonds. The van der Waals surface area contributed by atoms with Crippen LogP contribution in [-0.2, 0) is 4.79 Å². The zero-order valence-corrected chi connectivity index (χ0v) is 11.4. The van der Waals surface area contributed by atoms with Crippen molar-refractivity contribution in [1.82, 2.24) is 10.6 Å². The number of benzene rings is 1. The summed E-state index contributed by atoms with van der Waals surface area (Å²) in [7, 11) is 0. The van der Waals surface area contributed by atoms with Gasteiger partial charge in [0.05, 0.1) is 0 Å². The summed E-state index contributed by atoms with van der Waals surface area (Å²) in [6.45, 7) is 7.21. The van der Waals surface area contributed by atoms with Crippen LogP contribution < -0.4 is 10.6 Å². The lowest BCUT2D eigenvalue weighted by Crippen LogP contribution is -2.46. The van der Waals surface area contributed by atoms with E-state index < -0.39 is 0 Å². The predicted octanol–water partition coefficient (Wildman–Crippen LogP) is 2.23. The molecule has 2 N–H and O–H groups in total. The van der Waals surface area contributed by atoms with Crippen LogP contribution in [0.25, 0.3) is 0 Å². The van der Waals surface area contributed by atoms with Crippen molar-refractivity contribution in [2.24, 2.45) is 0 Å². The topological polar surface area (TPSA) is 41.1 Å². The molecule has 98 valence electrons. The molecule has 2 rings (SSSR count). The van der Waals surface area contributed by atoms with Gasteiger partial charge in [0.1, 0.15) is 0 Å². The average molecular weight is 246 g/mol. The molecule has 1 heterocycles. The number of rotatable bonds is 3. The highest BCUT2D eigenvalue weighted by atomic mass is 16.1. The van der Waals surface area contributed by atoms with Crippen LogP contribution in [0, 0.1) is 13.8 Å². The molecule has 1 saturated heterocycles. The highest BCUT2D eigenvalue weighted by Crippen LogP contribution is 2.20. The molecule has 0 aromatic heterocycles. The third-order valence-corrected chi connectivity index (χ3v) is 3.65. The maximum Gasteiger partial charge on any atom is 0.220 e. The number of aryl methyl sites for hydroxylation is 2. The van der Waals surface area contributed by atoms with Crippen LogP contribution in [0.5, 0.6) is 0 Å². The normalized spacial score (nSPS) is 21.5. The van der Waals surface area contributed by atoms with Crippen LogP contribution in [0.3, 0.4) is 0 Å². The highest BCUT2D eigenvalue weighted by Gasteiger charge is 2.20. The van der Waals surface area contributed by atoms with Gasteiger partial charge in [0, 0.05) is 25.0 Å². The van der Waals surface area contributed by atoms with Gasteiger partial charge in [0.15, 0.2) is 0 Å². The van der Waals surface area contributed by atoms with Crippen molar-refractivity contribution in [3.05, 3.63) is 34.9 Å². The fraction of sp³-hybridized carbons (Fsp3) is 0.533. The molecule has 0 radical (unpaired) electrons. The van der Waals surface area contributed by atoms with Crippen LogP contribution in [-0.4, -0.2) is 18.5 Å². The van der Waals surface area contributed by atoms with Crippen molar-refractivity contribution in [1.29, 1.82) is 0 Å². The quantitative estimate of drug-likeness (QED) is 0.858. The lowest BCUT2D eigenvalue weighted by Gasteiger charge is -2.28. The standard InChI is InChI=1S/C15H22N2O/c1-10-4-5-11(2)14(8-10)12(3)17-13-6-7-15(18)16-9-13/h4-5,8,12-13,17H,6-7,9H2,1-3H3,(H,16,18). The molecule has 18 heavy (non-hydrogen) atoms. The largest absolute Gasteiger partial charge is 0.355 e. The van der Waals surface area contributed by atoms with Gasteiger partial charge in [0.2, 0.25) is 5.91 Å². The summed E-state index contributed by atoms with van der Waals surface area (Å²) >= 11 is 0. The van der Waals surface area contributed by atoms with Crippen molar-refractivity contribution < 1.29 is 4.79 Å². The second kappa shape index (κ2) is 5.53. The van der Waals surface area contributed by atoms with Crippen LogP contribution in [0.4, 0.5) is 0 Å². The third-order valence-electron chi connectivity index (χ3n) is 3.65. The van der Waals surface area contributed by atoms with Crippen LogP contribution >= 0.6 is 0 Å². The molecule has 0 bridgehead atoms. The average Bonchev–Trinajstić information content (AvgIpc) is 2.35. The molecule has 1 aromatic carbocycles. The van der Waals surface area contributed by atoms with E-state index in [-0.39, 0.29) is 5.91 Å². The lowest BCUT2D eigenvalue weighted by molar-refractivity contribution is -0.122. The monoisotopic (exact) mass is 246 g/mol. The number of carbonyl (C=O) groups is 1. The summed E-state index contributed by atoms with van der Waals surface area (Å²) in [6.07, 6.45) is 1.57. The Morgan fingerprint density at radius 1 is 1.39 bits per heavy atom. The van der Waals surface area contributed by atoms with Gasteiger partial charge in [-0.3, -0.25) is 4.79 Å². The molecule has 1 aliphatic rings. The molecular weight excluding hydrogens is 224 g/mol. The van der Waals surface area contributed by atoms with Crippen LogP contribution in [0.15, 0.2) is 18.2 Å². The molecule has 2 unspecified atom stereocenters. The van der Waals surface area contributed by atoms with Gasteiger partial charge >= 0.3 is 0 Å². The van der Waals surface area contributed by atoms with E-state index in [4.69, 9.17) is 0 Å². The Kier molecular flexibility index (Phi) is 4.02. The molecule has 2 atom stereocenters. The maximum absolute atomic E-state index is 11.1. The minimum absolute atomic E-state index is 0.174. The number of nitrogens with one attached hydrogen (secondary N) is 2. The molecule has 3 heteroatoms. The number of hydrogen-bond donors (Lipinski definition) is 2. The van der Waals surface area contributed by atoms with E-state index in [1.807, 2.05) is 0 Å². The summed E-state index contributed by atoms with van der Waals surface area (Å²) in [5.41, 5.74) is 3.97. The van der Waals surface area contributed by atoms with Gasteiger partial charge in [-0.05, 0) is 38.3 Å². The molecule has 0 spiro atoms. The number of piperidine rings is 1. The van der Waals surface area contributed by atoms with Crippen molar-refractivity contribution >= 4 is 5.91 Å². The number of carbonyl (C=O) groups excluding carboxylic acids is 1. The summed E-state index contributed by atoms with van der Waals surface area (Å²) < 4.78 is 0. The van der Waals surface area contributed by atoms with E-state index in [0.29, 0.717) is 18.5 Å². The van der Waals surface area contributed by atoms with E-state index in [9.17, 15) is 4.79 Å². The SMILES string of the molecule is Cc1ccc(C)c(C(C)NC2CCC(=O)NC2)c1. The zero-order chi connectivity index (χ0) is 13.1. The first-order valence-electron chi connectivity index (χ1n) is 6.66. The van der Waals surface area contributed by atoms with Gasteiger partial charge < -0.3 is 10.6 Å². The number of hydrogen-bond acceptors (Lipinski definition) is 2. The fourth-order valence-electron chi connectivity index (χ4n) is 2.54. The molecule has 3 nitrogen and oxygen atoms in total. The summed E-state index contributed by atoms with van der Waals surface area (Å²) in [5.74, 6) is 0.174. The van der Waals surface area contributed by atoms with Gasteiger partial charge in [0.25, 0.3) is 0 Å². The van der Waals surface area contributed by atoms with Crippen molar-refractivity contribution in [3.63, 3.8) is 0 Å². The smallest absolute Gasteiger partial charge is 0.220 e. The molecule has 0 saturated carbocycles. The Morgan fingerprint density at radius 3 is 2.83 bits per heavy atom. The molecule has 1 aliphatic heterocycles.